The van der Waals surface area contributed by atoms with Crippen molar-refractivity contribution < 1.29 is 9.53 Å². The van der Waals surface area contributed by atoms with E-state index < -0.39 is 0 Å². The summed E-state index contributed by atoms with van der Waals surface area (Å²) in [5, 5.41) is 7.38. The molecule has 0 bridgehead atoms. The molecule has 1 saturated heterocycles. The van der Waals surface area contributed by atoms with Gasteiger partial charge in [0.1, 0.15) is 5.75 Å². The van der Waals surface area contributed by atoms with Crippen LogP contribution in [-0.4, -0.2) is 65.8 Å². The monoisotopic (exact) mass is 419 g/mol. The fourth-order valence-corrected chi connectivity index (χ4v) is 3.70. The molecule has 7 nitrogen and oxygen atoms in total. The second-order valence-electron chi connectivity index (χ2n) is 7.93. The number of piperazine rings is 1. The van der Waals surface area contributed by atoms with Gasteiger partial charge in [0.2, 0.25) is 0 Å². The summed E-state index contributed by atoms with van der Waals surface area (Å²) >= 11 is 0. The number of ether oxygens (including phenoxy) is 1. The summed E-state index contributed by atoms with van der Waals surface area (Å²) in [6, 6.07) is 17.7. The fourth-order valence-electron chi connectivity index (χ4n) is 3.70. The van der Waals surface area contributed by atoms with Crippen LogP contribution < -0.4 is 10.1 Å². The van der Waals surface area contributed by atoms with Gasteiger partial charge in [0.15, 0.2) is 5.69 Å². The predicted octanol–water partition coefficient (Wildman–Crippen LogP) is 2.56. The van der Waals surface area contributed by atoms with Gasteiger partial charge in [0, 0.05) is 45.5 Å². The van der Waals surface area contributed by atoms with Gasteiger partial charge in [-0.3, -0.25) is 9.69 Å². The molecule has 0 atom stereocenters. The maximum absolute atomic E-state index is 12.6. The first kappa shape index (κ1) is 21.1. The number of methoxy groups -OCH3 is 1. The van der Waals surface area contributed by atoms with Crippen molar-refractivity contribution in [1.82, 2.24) is 24.9 Å². The summed E-state index contributed by atoms with van der Waals surface area (Å²) in [7, 11) is 3.80. The lowest BCUT2D eigenvalue weighted by Gasteiger charge is -2.32. The van der Waals surface area contributed by atoms with Gasteiger partial charge in [0.25, 0.3) is 5.91 Å². The minimum Gasteiger partial charge on any atom is -0.497 e. The maximum Gasteiger partial charge on any atom is 0.272 e. The van der Waals surface area contributed by atoms with Crippen LogP contribution in [0.3, 0.4) is 0 Å². The molecule has 1 aromatic heterocycles. The first-order chi connectivity index (χ1) is 15.1. The number of nitrogens with one attached hydrogen (secondary N) is 1. The molecular weight excluding hydrogens is 390 g/mol. The molecule has 4 rings (SSSR count). The lowest BCUT2D eigenvalue weighted by atomic mass is 10.1. The Labute approximate surface area is 183 Å². The van der Waals surface area contributed by atoms with E-state index in [1.54, 1.807) is 24.1 Å². The Morgan fingerprint density at radius 1 is 1.03 bits per heavy atom. The molecule has 0 aliphatic carbocycles. The van der Waals surface area contributed by atoms with Gasteiger partial charge in [-0.05, 0) is 48.5 Å². The van der Waals surface area contributed by atoms with Crippen LogP contribution in [0.1, 0.15) is 21.6 Å². The third-order valence-corrected chi connectivity index (χ3v) is 5.61. The number of carbonyl (C=O) groups excluding carboxylic acids is 1. The Kier molecular flexibility index (Phi) is 6.64. The van der Waals surface area contributed by atoms with E-state index in [4.69, 9.17) is 4.74 Å². The zero-order valence-electron chi connectivity index (χ0n) is 18.1. The van der Waals surface area contributed by atoms with Gasteiger partial charge in [-0.15, -0.1) is 0 Å². The molecule has 162 valence electrons. The Balaban J connectivity index is 1.33. The number of carbonyl (C=O) groups is 1. The molecule has 31 heavy (non-hydrogen) atoms. The average molecular weight is 420 g/mol. The van der Waals surface area contributed by atoms with Gasteiger partial charge in [-0.25, -0.2) is 4.68 Å². The standard InChI is InChI=1S/C24H29N5O2/c1-27-12-14-28(15-13-27)18-20-5-3-4-19(16-20)17-25-24(30)23-10-11-29(26-23)21-6-8-22(31-2)9-7-21/h3-11,16H,12-15,17-18H2,1-2H3,(H,25,30). The first-order valence-electron chi connectivity index (χ1n) is 10.6. The summed E-state index contributed by atoms with van der Waals surface area (Å²) in [6.07, 6.45) is 1.79. The predicted molar refractivity (Wildman–Crippen MR) is 121 cm³/mol. The third kappa shape index (κ3) is 5.51. The molecule has 0 saturated carbocycles. The van der Waals surface area contributed by atoms with Crippen LogP contribution in [0.5, 0.6) is 5.75 Å². The van der Waals surface area contributed by atoms with Crippen LogP contribution in [0.4, 0.5) is 0 Å². The van der Waals surface area contributed by atoms with Crippen LogP contribution in [-0.2, 0) is 13.1 Å². The van der Waals surface area contributed by atoms with Crippen molar-refractivity contribution in [3.05, 3.63) is 77.6 Å². The maximum atomic E-state index is 12.6. The molecule has 1 fully saturated rings. The normalized spacial score (nSPS) is 15.0. The Morgan fingerprint density at radius 3 is 2.52 bits per heavy atom. The SMILES string of the molecule is COc1ccc(-n2ccc(C(=O)NCc3cccc(CN4CCN(C)CC4)c3)n2)cc1. The van der Waals surface area contributed by atoms with E-state index in [-0.39, 0.29) is 5.91 Å². The highest BCUT2D eigenvalue weighted by Gasteiger charge is 2.14. The Bertz CT molecular complexity index is 1010. The van der Waals surface area contributed by atoms with E-state index >= 15 is 0 Å². The highest BCUT2D eigenvalue weighted by molar-refractivity contribution is 5.92. The van der Waals surface area contributed by atoms with E-state index in [0.29, 0.717) is 12.2 Å². The number of likely N-dealkylation sites (N-methyl/N-ethyl adjacent to an activating group) is 1. The summed E-state index contributed by atoms with van der Waals surface area (Å²) in [5.41, 5.74) is 3.63. The topological polar surface area (TPSA) is 62.6 Å². The fraction of sp³-hybridized carbons (Fsp3) is 0.333. The molecule has 0 radical (unpaired) electrons. The quantitative estimate of drug-likeness (QED) is 0.638. The van der Waals surface area contributed by atoms with Crippen molar-refractivity contribution >= 4 is 5.91 Å². The van der Waals surface area contributed by atoms with Crippen LogP contribution in [0.2, 0.25) is 0 Å². The van der Waals surface area contributed by atoms with Crippen LogP contribution in [0.15, 0.2) is 60.8 Å². The van der Waals surface area contributed by atoms with Gasteiger partial charge >= 0.3 is 0 Å². The van der Waals surface area contributed by atoms with Gasteiger partial charge in [-0.2, -0.15) is 5.10 Å². The Hall–Kier alpha value is -3.16. The van der Waals surface area contributed by atoms with Crippen molar-refractivity contribution in [3.8, 4) is 11.4 Å². The van der Waals surface area contributed by atoms with E-state index in [0.717, 1.165) is 49.7 Å². The lowest BCUT2D eigenvalue weighted by molar-refractivity contribution is 0.0945. The molecule has 1 aliphatic heterocycles. The van der Waals surface area contributed by atoms with Gasteiger partial charge in [0.05, 0.1) is 12.8 Å². The number of hydrogen-bond acceptors (Lipinski definition) is 5. The molecule has 7 heteroatoms. The van der Waals surface area contributed by atoms with Crippen molar-refractivity contribution in [3.63, 3.8) is 0 Å². The van der Waals surface area contributed by atoms with Crippen LogP contribution in [0, 0.1) is 0 Å². The van der Waals surface area contributed by atoms with E-state index in [9.17, 15) is 4.79 Å². The molecule has 2 heterocycles. The second kappa shape index (κ2) is 9.76. The van der Waals surface area contributed by atoms with Gasteiger partial charge < -0.3 is 15.0 Å². The summed E-state index contributed by atoms with van der Waals surface area (Å²) in [5.74, 6) is 0.598. The number of amides is 1. The van der Waals surface area contributed by atoms with Crippen molar-refractivity contribution in [2.75, 3.05) is 40.3 Å². The van der Waals surface area contributed by atoms with E-state index in [1.807, 2.05) is 30.3 Å². The number of hydrogen-bond donors (Lipinski definition) is 1. The largest absolute Gasteiger partial charge is 0.497 e. The molecule has 2 aromatic carbocycles. The van der Waals surface area contributed by atoms with Crippen molar-refractivity contribution in [2.24, 2.45) is 0 Å². The summed E-state index contributed by atoms with van der Waals surface area (Å²) < 4.78 is 6.86. The highest BCUT2D eigenvalue weighted by atomic mass is 16.5. The molecule has 3 aromatic rings. The first-order valence-corrected chi connectivity index (χ1v) is 10.6. The van der Waals surface area contributed by atoms with Crippen molar-refractivity contribution in [1.29, 1.82) is 0 Å². The lowest BCUT2D eigenvalue weighted by Crippen LogP contribution is -2.43. The molecular formula is C24H29N5O2. The van der Waals surface area contributed by atoms with E-state index in [1.165, 1.54) is 5.56 Å². The third-order valence-electron chi connectivity index (χ3n) is 5.61. The second-order valence-corrected chi connectivity index (χ2v) is 7.93. The molecule has 0 unspecified atom stereocenters. The summed E-state index contributed by atoms with van der Waals surface area (Å²) in [6.45, 7) is 5.83. The minimum atomic E-state index is -0.184. The zero-order chi connectivity index (χ0) is 21.6. The smallest absolute Gasteiger partial charge is 0.272 e. The number of benzene rings is 2. The summed E-state index contributed by atoms with van der Waals surface area (Å²) in [4.78, 5) is 17.4. The number of nitrogens with zero attached hydrogens (tertiary/aromatic N) is 4. The molecule has 1 aliphatic rings. The van der Waals surface area contributed by atoms with Crippen molar-refractivity contribution in [2.45, 2.75) is 13.1 Å². The zero-order valence-corrected chi connectivity index (χ0v) is 18.1. The number of aromatic nitrogens is 2. The minimum absolute atomic E-state index is 0.184. The van der Waals surface area contributed by atoms with Gasteiger partial charge in [-0.1, -0.05) is 24.3 Å². The molecule has 1 N–H and O–H groups in total. The number of rotatable bonds is 7. The van der Waals surface area contributed by atoms with Crippen LogP contribution >= 0.6 is 0 Å². The Morgan fingerprint density at radius 2 is 1.77 bits per heavy atom. The highest BCUT2D eigenvalue weighted by Crippen LogP contribution is 2.15. The molecule has 0 spiro atoms. The van der Waals surface area contributed by atoms with Crippen LogP contribution in [0.25, 0.3) is 5.69 Å². The molecule has 1 amide bonds. The van der Waals surface area contributed by atoms with E-state index in [2.05, 4.69) is 45.5 Å². The average Bonchev–Trinajstić information content (AvgIpc) is 3.30.